The maximum absolute atomic E-state index is 11.3. The van der Waals surface area contributed by atoms with E-state index in [0.29, 0.717) is 11.3 Å². The van der Waals surface area contributed by atoms with Crippen LogP contribution in [0.5, 0.6) is 0 Å². The quantitative estimate of drug-likeness (QED) is 0.442. The zero-order chi connectivity index (χ0) is 10.5. The molecule has 0 aromatic heterocycles. The summed E-state index contributed by atoms with van der Waals surface area (Å²) in [5.74, 6) is -0.768. The van der Waals surface area contributed by atoms with Gasteiger partial charge in [0.15, 0.2) is 6.04 Å². The van der Waals surface area contributed by atoms with Gasteiger partial charge in [-0.1, -0.05) is 6.58 Å². The summed E-state index contributed by atoms with van der Waals surface area (Å²) in [7, 11) is 0. The number of carbonyl (C=O) groups is 2. The van der Waals surface area contributed by atoms with E-state index >= 15 is 0 Å². The summed E-state index contributed by atoms with van der Waals surface area (Å²) in [6, 6.07) is -1.43. The molecule has 0 spiro atoms. The van der Waals surface area contributed by atoms with Gasteiger partial charge < -0.3 is 15.7 Å². The number of aliphatic carboxylic acids is 1. The lowest BCUT2D eigenvalue weighted by Gasteiger charge is -2.51. The number of amides is 1. The number of fused-ring (bicyclic) bond motifs is 1. The fourth-order valence-electron chi connectivity index (χ4n) is 1.73. The number of hydrogen-bond donors (Lipinski definition) is 2. The number of rotatable bonds is 1. The second-order valence-electron chi connectivity index (χ2n) is 3.37. The molecule has 3 N–H and O–H groups in total. The Bertz CT molecular complexity index is 331. The van der Waals surface area contributed by atoms with Crippen LogP contribution in [0.1, 0.15) is 0 Å². The molecule has 0 radical (unpaired) electrons. The van der Waals surface area contributed by atoms with Crippen LogP contribution in [0.2, 0.25) is 0 Å². The van der Waals surface area contributed by atoms with Crippen molar-refractivity contribution in [2.75, 3.05) is 5.75 Å². The zero-order valence-electron chi connectivity index (χ0n) is 7.34. The number of hydrogen-bond acceptors (Lipinski definition) is 4. The van der Waals surface area contributed by atoms with Gasteiger partial charge in [-0.25, -0.2) is 4.79 Å². The Morgan fingerprint density at radius 1 is 1.71 bits per heavy atom. The Labute approximate surface area is 84.9 Å². The highest BCUT2D eigenvalue weighted by Gasteiger charge is 2.53. The standard InChI is InChI=1S/C8H10N2O3S/c1-3-2-14-7-4(9)6(11)10(7)5(3)8(12)13/h4-5,7H,1-2,9H2,(H,12,13)/t4-,5-,7+/m1/s1. The Balaban J connectivity index is 2.26. The van der Waals surface area contributed by atoms with Crippen molar-refractivity contribution in [3.63, 3.8) is 0 Å². The molecule has 1 amide bonds. The van der Waals surface area contributed by atoms with Crippen LogP contribution in [0.3, 0.4) is 0 Å². The second-order valence-corrected chi connectivity index (χ2v) is 4.48. The summed E-state index contributed by atoms with van der Waals surface area (Å²) in [5, 5.41) is 8.74. The smallest absolute Gasteiger partial charge is 0.330 e. The predicted molar refractivity (Wildman–Crippen MR) is 51.6 cm³/mol. The van der Waals surface area contributed by atoms with Crippen molar-refractivity contribution in [3.05, 3.63) is 12.2 Å². The molecular weight excluding hydrogens is 204 g/mol. The van der Waals surface area contributed by atoms with Gasteiger partial charge in [-0.15, -0.1) is 11.8 Å². The monoisotopic (exact) mass is 214 g/mol. The minimum Gasteiger partial charge on any atom is -0.479 e. The maximum atomic E-state index is 11.3. The van der Waals surface area contributed by atoms with E-state index < -0.39 is 18.1 Å². The van der Waals surface area contributed by atoms with Crippen LogP contribution >= 0.6 is 11.8 Å². The number of carboxylic acids is 1. The van der Waals surface area contributed by atoms with Crippen molar-refractivity contribution < 1.29 is 14.7 Å². The number of thioether (sulfide) groups is 1. The third-order valence-electron chi connectivity index (χ3n) is 2.46. The van der Waals surface area contributed by atoms with E-state index in [-0.39, 0.29) is 11.3 Å². The van der Waals surface area contributed by atoms with Crippen LogP contribution in [-0.4, -0.2) is 45.1 Å². The minimum atomic E-state index is -1.03. The number of nitrogens with two attached hydrogens (primary N) is 1. The van der Waals surface area contributed by atoms with E-state index in [4.69, 9.17) is 10.8 Å². The second kappa shape index (κ2) is 2.99. The van der Waals surface area contributed by atoms with Crippen LogP contribution in [0.4, 0.5) is 0 Å². The summed E-state index contributed by atoms with van der Waals surface area (Å²) in [4.78, 5) is 23.6. The molecule has 2 aliphatic heterocycles. The molecule has 0 unspecified atom stereocenters. The fourth-order valence-corrected chi connectivity index (χ4v) is 2.98. The van der Waals surface area contributed by atoms with Gasteiger partial charge >= 0.3 is 5.97 Å². The molecule has 0 bridgehead atoms. The Hall–Kier alpha value is -1.01. The summed E-state index contributed by atoms with van der Waals surface area (Å²) in [6.07, 6.45) is 0. The molecule has 76 valence electrons. The molecule has 2 saturated heterocycles. The highest BCUT2D eigenvalue weighted by Crippen LogP contribution is 2.38. The molecule has 0 aromatic carbocycles. The van der Waals surface area contributed by atoms with Crippen LogP contribution in [0, 0.1) is 0 Å². The van der Waals surface area contributed by atoms with Crippen molar-refractivity contribution in [2.45, 2.75) is 17.5 Å². The van der Waals surface area contributed by atoms with E-state index in [1.807, 2.05) is 0 Å². The SMILES string of the molecule is C=C1CS[C@H]2[C@H](N)C(=O)N2[C@H]1C(=O)O. The van der Waals surface area contributed by atoms with Gasteiger partial charge in [-0.05, 0) is 5.57 Å². The number of carbonyl (C=O) groups excluding carboxylic acids is 1. The summed E-state index contributed by atoms with van der Waals surface area (Å²) >= 11 is 1.47. The van der Waals surface area contributed by atoms with Crippen LogP contribution in [0.15, 0.2) is 12.2 Å². The van der Waals surface area contributed by atoms with Gasteiger partial charge in [-0.2, -0.15) is 0 Å². The zero-order valence-corrected chi connectivity index (χ0v) is 8.16. The van der Waals surface area contributed by atoms with Crippen LogP contribution in [-0.2, 0) is 9.59 Å². The molecule has 2 fully saturated rings. The first kappa shape index (κ1) is 9.54. The predicted octanol–water partition coefficient (Wildman–Crippen LogP) is -0.762. The average Bonchev–Trinajstić information content (AvgIpc) is 2.15. The largest absolute Gasteiger partial charge is 0.479 e. The van der Waals surface area contributed by atoms with E-state index in [1.54, 1.807) is 0 Å². The number of nitrogens with zero attached hydrogens (tertiary/aromatic N) is 1. The van der Waals surface area contributed by atoms with Crippen molar-refractivity contribution in [1.82, 2.24) is 4.90 Å². The molecule has 0 aliphatic carbocycles. The van der Waals surface area contributed by atoms with Gasteiger partial charge in [0, 0.05) is 5.75 Å². The molecule has 2 rings (SSSR count). The summed E-state index contributed by atoms with van der Waals surface area (Å²) in [6.45, 7) is 3.66. The van der Waals surface area contributed by atoms with Crippen molar-refractivity contribution in [3.8, 4) is 0 Å². The highest BCUT2D eigenvalue weighted by molar-refractivity contribution is 8.00. The Morgan fingerprint density at radius 3 is 2.93 bits per heavy atom. The Morgan fingerprint density at radius 2 is 2.36 bits per heavy atom. The molecule has 0 saturated carbocycles. The summed E-state index contributed by atoms with van der Waals surface area (Å²) in [5.41, 5.74) is 6.10. The molecule has 0 aromatic rings. The third kappa shape index (κ3) is 1.07. The lowest BCUT2D eigenvalue weighted by Crippen LogP contribution is -2.73. The van der Waals surface area contributed by atoms with Gasteiger partial charge in [0.2, 0.25) is 5.91 Å². The van der Waals surface area contributed by atoms with E-state index in [2.05, 4.69) is 6.58 Å². The molecular formula is C8H10N2O3S. The maximum Gasteiger partial charge on any atom is 0.330 e. The molecule has 3 atom stereocenters. The van der Waals surface area contributed by atoms with Gasteiger partial charge in [0.1, 0.15) is 11.4 Å². The topological polar surface area (TPSA) is 83.6 Å². The number of carboxylic acid groups (broad SMARTS) is 1. The normalized spacial score (nSPS) is 36.4. The fraction of sp³-hybridized carbons (Fsp3) is 0.500. The van der Waals surface area contributed by atoms with Gasteiger partial charge in [0.05, 0.1) is 0 Å². The molecule has 2 heterocycles. The first-order valence-electron chi connectivity index (χ1n) is 4.14. The summed E-state index contributed by atoms with van der Waals surface area (Å²) < 4.78 is 0. The third-order valence-corrected chi connectivity index (χ3v) is 3.86. The van der Waals surface area contributed by atoms with Gasteiger partial charge in [-0.3, -0.25) is 4.79 Å². The molecule has 5 nitrogen and oxygen atoms in total. The first-order valence-corrected chi connectivity index (χ1v) is 5.18. The first-order chi connectivity index (χ1) is 6.54. The molecule has 14 heavy (non-hydrogen) atoms. The van der Waals surface area contributed by atoms with Gasteiger partial charge in [0.25, 0.3) is 0 Å². The lowest BCUT2D eigenvalue weighted by atomic mass is 9.99. The van der Waals surface area contributed by atoms with E-state index in [1.165, 1.54) is 16.7 Å². The lowest BCUT2D eigenvalue weighted by molar-refractivity contribution is -0.158. The molecule has 2 aliphatic rings. The van der Waals surface area contributed by atoms with Crippen LogP contribution in [0.25, 0.3) is 0 Å². The van der Waals surface area contributed by atoms with Crippen molar-refractivity contribution >= 4 is 23.6 Å². The van der Waals surface area contributed by atoms with Crippen LogP contribution < -0.4 is 5.73 Å². The van der Waals surface area contributed by atoms with Crippen molar-refractivity contribution in [2.24, 2.45) is 5.73 Å². The van der Waals surface area contributed by atoms with E-state index in [9.17, 15) is 9.59 Å². The highest BCUT2D eigenvalue weighted by atomic mass is 32.2. The van der Waals surface area contributed by atoms with Crippen molar-refractivity contribution in [1.29, 1.82) is 0 Å². The average molecular weight is 214 g/mol. The van der Waals surface area contributed by atoms with E-state index in [0.717, 1.165) is 0 Å². The number of β-lactam (4-membered cyclic amide) rings is 1. The minimum absolute atomic E-state index is 0.186. The Kier molecular flexibility index (Phi) is 2.04. The molecule has 6 heteroatoms.